The van der Waals surface area contributed by atoms with Crippen molar-refractivity contribution in [3.8, 4) is 0 Å². The van der Waals surface area contributed by atoms with Crippen molar-refractivity contribution in [2.45, 2.75) is 12.1 Å². The van der Waals surface area contributed by atoms with Crippen LogP contribution in [0.2, 0.25) is 0 Å². The predicted octanol–water partition coefficient (Wildman–Crippen LogP) is -1.17. The predicted molar refractivity (Wildman–Crippen MR) is 67.3 cm³/mol. The first-order valence-electron chi connectivity index (χ1n) is 6.59. The number of aliphatic hydroxyl groups excluding tert-OH is 1. The third-order valence-corrected chi connectivity index (χ3v) is 3.78. The molecule has 2 heterocycles. The molecule has 2 rings (SSSR count). The van der Waals surface area contributed by atoms with Gasteiger partial charge in [0.05, 0.1) is 45.1 Å². The van der Waals surface area contributed by atoms with E-state index in [-0.39, 0.29) is 32.0 Å². The Hall–Kier alpha value is -1.38. The number of likely N-dealkylation sites (N-methyl/N-ethyl adjacent to an activating group) is 1. The number of carboxylic acids is 1. The second-order valence-electron chi connectivity index (χ2n) is 5.06. The summed E-state index contributed by atoms with van der Waals surface area (Å²) in [5.74, 6) is -1.65. The van der Waals surface area contributed by atoms with Crippen molar-refractivity contribution in [2.75, 3.05) is 46.6 Å². The first-order valence-corrected chi connectivity index (χ1v) is 6.59. The van der Waals surface area contributed by atoms with Crippen molar-refractivity contribution >= 4 is 12.0 Å². The maximum atomic E-state index is 12.4. The zero-order chi connectivity index (χ0) is 14.7. The maximum Gasteiger partial charge on any atom is 0.320 e. The molecule has 0 saturated carbocycles. The van der Waals surface area contributed by atoms with Gasteiger partial charge in [-0.15, -0.1) is 0 Å². The third kappa shape index (κ3) is 3.02. The molecule has 0 spiro atoms. The van der Waals surface area contributed by atoms with Crippen LogP contribution in [0.25, 0.3) is 0 Å². The topological polar surface area (TPSA) is 99.5 Å². The van der Waals surface area contributed by atoms with Crippen molar-refractivity contribution in [3.63, 3.8) is 0 Å². The van der Waals surface area contributed by atoms with Gasteiger partial charge in [0.2, 0.25) is 0 Å². The zero-order valence-corrected chi connectivity index (χ0v) is 11.4. The van der Waals surface area contributed by atoms with Gasteiger partial charge >= 0.3 is 12.0 Å². The number of amides is 2. The molecule has 0 aromatic heterocycles. The number of carbonyl (C=O) groups excluding carboxylic acids is 1. The molecule has 20 heavy (non-hydrogen) atoms. The van der Waals surface area contributed by atoms with Crippen LogP contribution in [0.15, 0.2) is 0 Å². The van der Waals surface area contributed by atoms with E-state index in [1.165, 1.54) is 4.90 Å². The minimum absolute atomic E-state index is 0.125. The fourth-order valence-electron chi connectivity index (χ4n) is 2.53. The van der Waals surface area contributed by atoms with Gasteiger partial charge in [-0.05, 0) is 0 Å². The molecular weight excluding hydrogens is 268 g/mol. The average molecular weight is 288 g/mol. The molecule has 3 atom stereocenters. The molecular formula is C12H20N2O6. The highest BCUT2D eigenvalue weighted by atomic mass is 16.5. The number of carbonyl (C=O) groups is 2. The molecule has 0 bridgehead atoms. The minimum Gasteiger partial charge on any atom is -0.481 e. The van der Waals surface area contributed by atoms with Crippen molar-refractivity contribution in [3.05, 3.63) is 0 Å². The number of carboxylic acid groups (broad SMARTS) is 1. The van der Waals surface area contributed by atoms with E-state index in [1.54, 1.807) is 11.9 Å². The van der Waals surface area contributed by atoms with E-state index < -0.39 is 17.9 Å². The Kier molecular flexibility index (Phi) is 4.79. The molecule has 114 valence electrons. The van der Waals surface area contributed by atoms with Crippen LogP contribution in [0, 0.1) is 5.92 Å². The SMILES string of the molecule is CN(C(=O)N1CCOC(CO)C1)C1COCC1C(=O)O. The van der Waals surface area contributed by atoms with Crippen molar-refractivity contribution in [2.24, 2.45) is 5.92 Å². The molecule has 2 aliphatic rings. The van der Waals surface area contributed by atoms with E-state index in [0.717, 1.165) is 0 Å². The molecule has 2 amide bonds. The number of ether oxygens (including phenoxy) is 2. The molecule has 2 saturated heterocycles. The van der Waals surface area contributed by atoms with Crippen LogP contribution in [-0.2, 0) is 14.3 Å². The average Bonchev–Trinajstić information content (AvgIpc) is 2.95. The van der Waals surface area contributed by atoms with Gasteiger partial charge in [-0.25, -0.2) is 4.79 Å². The second kappa shape index (κ2) is 6.38. The van der Waals surface area contributed by atoms with Crippen LogP contribution in [0.3, 0.4) is 0 Å². The molecule has 0 aromatic carbocycles. The summed E-state index contributed by atoms with van der Waals surface area (Å²) in [4.78, 5) is 26.5. The minimum atomic E-state index is -0.956. The van der Waals surface area contributed by atoms with Gasteiger partial charge in [-0.1, -0.05) is 0 Å². The fraction of sp³-hybridized carbons (Fsp3) is 0.833. The molecule has 8 heteroatoms. The normalized spacial score (nSPS) is 30.3. The number of urea groups is 1. The van der Waals surface area contributed by atoms with Crippen LogP contribution in [0.5, 0.6) is 0 Å². The van der Waals surface area contributed by atoms with E-state index in [4.69, 9.17) is 19.7 Å². The van der Waals surface area contributed by atoms with Gasteiger partial charge in [0.1, 0.15) is 5.92 Å². The van der Waals surface area contributed by atoms with Gasteiger partial charge in [-0.2, -0.15) is 0 Å². The molecule has 0 aromatic rings. The summed E-state index contributed by atoms with van der Waals surface area (Å²) in [7, 11) is 1.58. The molecule has 0 aliphatic carbocycles. The summed E-state index contributed by atoms with van der Waals surface area (Å²) in [6.07, 6.45) is -0.379. The third-order valence-electron chi connectivity index (χ3n) is 3.78. The Morgan fingerprint density at radius 3 is 2.80 bits per heavy atom. The Morgan fingerprint density at radius 2 is 2.15 bits per heavy atom. The summed E-state index contributed by atoms with van der Waals surface area (Å²) in [5.41, 5.74) is 0. The Bertz CT molecular complexity index is 377. The number of aliphatic carboxylic acids is 1. The van der Waals surface area contributed by atoms with Gasteiger partial charge in [0.15, 0.2) is 0 Å². The van der Waals surface area contributed by atoms with Crippen molar-refractivity contribution < 1.29 is 29.3 Å². The smallest absolute Gasteiger partial charge is 0.320 e. The highest BCUT2D eigenvalue weighted by Gasteiger charge is 2.40. The summed E-state index contributed by atoms with van der Waals surface area (Å²) >= 11 is 0. The Morgan fingerprint density at radius 1 is 1.40 bits per heavy atom. The summed E-state index contributed by atoms with van der Waals surface area (Å²) in [6.45, 7) is 1.33. The van der Waals surface area contributed by atoms with E-state index in [2.05, 4.69) is 0 Å². The monoisotopic (exact) mass is 288 g/mol. The molecule has 2 fully saturated rings. The lowest BCUT2D eigenvalue weighted by Gasteiger charge is -2.37. The standard InChI is InChI=1S/C12H20N2O6/c1-13(10-7-19-6-9(10)11(16)17)12(18)14-2-3-20-8(4-14)5-15/h8-10,15H,2-7H2,1H3,(H,16,17). The Labute approximate surface area is 116 Å². The lowest BCUT2D eigenvalue weighted by atomic mass is 10.0. The zero-order valence-electron chi connectivity index (χ0n) is 11.4. The highest BCUT2D eigenvalue weighted by Crippen LogP contribution is 2.20. The fourth-order valence-corrected chi connectivity index (χ4v) is 2.53. The molecule has 3 unspecified atom stereocenters. The lowest BCUT2D eigenvalue weighted by Crippen LogP contribution is -2.54. The molecule has 0 radical (unpaired) electrons. The number of hydrogen-bond donors (Lipinski definition) is 2. The van der Waals surface area contributed by atoms with E-state index in [1.807, 2.05) is 0 Å². The van der Waals surface area contributed by atoms with E-state index in [9.17, 15) is 9.59 Å². The first-order chi connectivity index (χ1) is 9.54. The van der Waals surface area contributed by atoms with Gasteiger partial charge in [0.25, 0.3) is 0 Å². The van der Waals surface area contributed by atoms with Gasteiger partial charge in [-0.3, -0.25) is 4.79 Å². The van der Waals surface area contributed by atoms with Gasteiger partial charge < -0.3 is 29.5 Å². The van der Waals surface area contributed by atoms with Crippen LogP contribution in [0.1, 0.15) is 0 Å². The number of nitrogens with zero attached hydrogens (tertiary/aromatic N) is 2. The van der Waals surface area contributed by atoms with Gasteiger partial charge in [0, 0.05) is 13.6 Å². The number of hydrogen-bond acceptors (Lipinski definition) is 5. The maximum absolute atomic E-state index is 12.4. The quantitative estimate of drug-likeness (QED) is 0.679. The highest BCUT2D eigenvalue weighted by molar-refractivity contribution is 5.77. The number of morpholine rings is 1. The molecule has 2 aliphatic heterocycles. The molecule has 8 nitrogen and oxygen atoms in total. The van der Waals surface area contributed by atoms with Crippen LogP contribution >= 0.6 is 0 Å². The van der Waals surface area contributed by atoms with Crippen LogP contribution in [0.4, 0.5) is 4.79 Å². The van der Waals surface area contributed by atoms with E-state index >= 15 is 0 Å². The van der Waals surface area contributed by atoms with E-state index in [0.29, 0.717) is 19.7 Å². The summed E-state index contributed by atoms with van der Waals surface area (Å²) in [6, 6.07) is -0.719. The number of rotatable bonds is 3. The second-order valence-corrected chi connectivity index (χ2v) is 5.06. The van der Waals surface area contributed by atoms with Crippen LogP contribution in [-0.4, -0.2) is 90.7 Å². The summed E-state index contributed by atoms with van der Waals surface area (Å²) in [5, 5.41) is 18.2. The van der Waals surface area contributed by atoms with Crippen molar-refractivity contribution in [1.82, 2.24) is 9.80 Å². The Balaban J connectivity index is 1.99. The first kappa shape index (κ1) is 15.0. The largest absolute Gasteiger partial charge is 0.481 e. The van der Waals surface area contributed by atoms with Crippen LogP contribution < -0.4 is 0 Å². The van der Waals surface area contributed by atoms with Crippen molar-refractivity contribution in [1.29, 1.82) is 0 Å². The summed E-state index contributed by atoms with van der Waals surface area (Å²) < 4.78 is 10.5. The molecule has 2 N–H and O–H groups in total. The number of aliphatic hydroxyl groups is 1. The lowest BCUT2D eigenvalue weighted by molar-refractivity contribution is -0.142.